The largest absolute Gasteiger partial charge is 0.490 e. The number of pyridine rings is 1. The van der Waals surface area contributed by atoms with Crippen molar-refractivity contribution >= 4 is 10.9 Å². The zero-order valence-electron chi connectivity index (χ0n) is 16.8. The molecule has 0 bridgehead atoms. The number of rotatable bonds is 7. The smallest absolute Gasteiger partial charge is 0.129 e. The fourth-order valence-electron chi connectivity index (χ4n) is 3.99. The van der Waals surface area contributed by atoms with Crippen LogP contribution in [0.4, 0.5) is 0 Å². The molecule has 1 spiro atoms. The van der Waals surface area contributed by atoms with Crippen LogP contribution in [0.1, 0.15) is 12.8 Å². The van der Waals surface area contributed by atoms with Crippen LogP contribution in [0, 0.1) is 0 Å². The topological polar surface area (TPSA) is 57.5 Å². The van der Waals surface area contributed by atoms with Crippen molar-refractivity contribution in [3.05, 3.63) is 48.9 Å². The molecule has 3 aromatic rings. The van der Waals surface area contributed by atoms with E-state index in [0.717, 1.165) is 60.3 Å². The van der Waals surface area contributed by atoms with Gasteiger partial charge in [-0.15, -0.1) is 0 Å². The lowest BCUT2D eigenvalue weighted by Gasteiger charge is -2.31. The molecule has 1 saturated carbocycles. The summed E-state index contributed by atoms with van der Waals surface area (Å²) in [4.78, 5) is 4.56. The van der Waals surface area contributed by atoms with Gasteiger partial charge in [-0.3, -0.25) is 4.98 Å². The van der Waals surface area contributed by atoms with Crippen molar-refractivity contribution in [1.82, 2.24) is 14.9 Å². The average molecular weight is 393 g/mol. The van der Waals surface area contributed by atoms with Gasteiger partial charge in [-0.05, 0) is 54.3 Å². The molecule has 2 aliphatic rings. The first-order valence-electron chi connectivity index (χ1n) is 10.3. The van der Waals surface area contributed by atoms with Gasteiger partial charge in [0.15, 0.2) is 0 Å². The van der Waals surface area contributed by atoms with E-state index in [1.54, 1.807) is 7.11 Å². The Morgan fingerprint density at radius 3 is 3.07 bits per heavy atom. The van der Waals surface area contributed by atoms with Gasteiger partial charge < -0.3 is 24.1 Å². The van der Waals surface area contributed by atoms with Crippen LogP contribution in [0.25, 0.3) is 22.0 Å². The van der Waals surface area contributed by atoms with Crippen LogP contribution in [0.5, 0.6) is 5.75 Å². The Bertz CT molecular complexity index is 996. The summed E-state index contributed by atoms with van der Waals surface area (Å²) in [5, 5.41) is 4.52. The quantitative estimate of drug-likeness (QED) is 0.668. The number of aromatic nitrogens is 2. The molecule has 1 saturated heterocycles. The molecule has 0 amide bonds. The van der Waals surface area contributed by atoms with Gasteiger partial charge in [0.25, 0.3) is 0 Å². The summed E-state index contributed by atoms with van der Waals surface area (Å²) >= 11 is 0. The first kappa shape index (κ1) is 18.6. The molecule has 1 aromatic carbocycles. The van der Waals surface area contributed by atoms with E-state index in [1.807, 2.05) is 12.3 Å². The molecule has 2 fully saturated rings. The number of hydrogen-bond donors (Lipinski definition) is 1. The molecule has 1 N–H and O–H groups in total. The molecule has 2 aromatic heterocycles. The first-order chi connectivity index (χ1) is 14.2. The van der Waals surface area contributed by atoms with Crippen molar-refractivity contribution in [2.45, 2.75) is 31.1 Å². The highest BCUT2D eigenvalue weighted by Crippen LogP contribution is 2.41. The second kappa shape index (κ2) is 7.78. The summed E-state index contributed by atoms with van der Waals surface area (Å²) < 4.78 is 19.9. The van der Waals surface area contributed by atoms with Crippen molar-refractivity contribution in [2.24, 2.45) is 0 Å². The van der Waals surface area contributed by atoms with Crippen LogP contribution in [0.2, 0.25) is 0 Å². The molecule has 0 unspecified atom stereocenters. The fourth-order valence-corrected chi connectivity index (χ4v) is 3.99. The van der Waals surface area contributed by atoms with Crippen molar-refractivity contribution in [2.75, 3.05) is 33.4 Å². The highest BCUT2D eigenvalue weighted by atomic mass is 16.6. The fraction of sp³-hybridized carbons (Fsp3) is 0.435. The first-order valence-corrected chi connectivity index (χ1v) is 10.3. The molecule has 152 valence electrons. The number of methoxy groups -OCH3 is 1. The second-order valence-corrected chi connectivity index (χ2v) is 8.04. The number of ether oxygens (including phenoxy) is 3. The molecule has 3 heterocycles. The number of fused-ring (bicyclic) bond motifs is 1. The van der Waals surface area contributed by atoms with Crippen LogP contribution in [-0.4, -0.2) is 54.7 Å². The Hall–Kier alpha value is -2.41. The number of nitrogens with one attached hydrogen (secondary N) is 1. The van der Waals surface area contributed by atoms with Crippen LogP contribution in [0.3, 0.4) is 0 Å². The molecule has 29 heavy (non-hydrogen) atoms. The van der Waals surface area contributed by atoms with Gasteiger partial charge >= 0.3 is 0 Å². The van der Waals surface area contributed by atoms with Crippen molar-refractivity contribution in [3.63, 3.8) is 0 Å². The highest BCUT2D eigenvalue weighted by Gasteiger charge is 2.47. The summed E-state index contributed by atoms with van der Waals surface area (Å²) in [6.07, 6.45) is 8.42. The second-order valence-electron chi connectivity index (χ2n) is 8.04. The predicted molar refractivity (Wildman–Crippen MR) is 112 cm³/mol. The van der Waals surface area contributed by atoms with E-state index in [2.05, 4.69) is 51.5 Å². The molecule has 0 radical (unpaired) electrons. The van der Waals surface area contributed by atoms with Gasteiger partial charge in [-0.2, -0.15) is 0 Å². The van der Waals surface area contributed by atoms with Crippen LogP contribution in [-0.2, 0) is 16.0 Å². The minimum Gasteiger partial charge on any atom is -0.490 e. The maximum atomic E-state index is 6.28. The van der Waals surface area contributed by atoms with Gasteiger partial charge in [0.1, 0.15) is 18.5 Å². The summed E-state index contributed by atoms with van der Waals surface area (Å²) in [6, 6.07) is 10.4. The molecule has 1 atom stereocenters. The Labute approximate surface area is 170 Å². The van der Waals surface area contributed by atoms with Crippen molar-refractivity contribution in [3.8, 4) is 16.9 Å². The third-order valence-electron chi connectivity index (χ3n) is 5.79. The van der Waals surface area contributed by atoms with Crippen LogP contribution in [0.15, 0.2) is 48.9 Å². The Balaban J connectivity index is 1.39. The van der Waals surface area contributed by atoms with Gasteiger partial charge in [-0.1, -0.05) is 0 Å². The zero-order chi connectivity index (χ0) is 19.7. The lowest BCUT2D eigenvalue weighted by atomic mass is 10.1. The minimum absolute atomic E-state index is 0.0723. The molecule has 6 heteroatoms. The third kappa shape index (κ3) is 4.01. The maximum absolute atomic E-state index is 6.28. The van der Waals surface area contributed by atoms with E-state index in [1.165, 1.54) is 0 Å². The van der Waals surface area contributed by atoms with Crippen LogP contribution < -0.4 is 10.1 Å². The normalized spacial score (nSPS) is 20.2. The minimum atomic E-state index is 0.0723. The average Bonchev–Trinajstić information content (AvgIpc) is 3.31. The number of morpholine rings is 1. The monoisotopic (exact) mass is 393 g/mol. The van der Waals surface area contributed by atoms with Gasteiger partial charge in [0, 0.05) is 50.7 Å². The van der Waals surface area contributed by atoms with E-state index >= 15 is 0 Å². The highest BCUT2D eigenvalue weighted by molar-refractivity contribution is 5.90. The summed E-state index contributed by atoms with van der Waals surface area (Å²) in [5.74, 6) is 0.856. The predicted octanol–water partition coefficient (Wildman–Crippen LogP) is 3.25. The maximum Gasteiger partial charge on any atom is 0.129 e. The van der Waals surface area contributed by atoms with E-state index < -0.39 is 0 Å². The number of hydrogen-bond acceptors (Lipinski definition) is 5. The zero-order valence-corrected chi connectivity index (χ0v) is 16.8. The Morgan fingerprint density at radius 1 is 1.28 bits per heavy atom. The van der Waals surface area contributed by atoms with E-state index in [-0.39, 0.29) is 11.7 Å². The Kier molecular flexibility index (Phi) is 4.99. The Morgan fingerprint density at radius 2 is 2.21 bits per heavy atom. The van der Waals surface area contributed by atoms with Gasteiger partial charge in [0.2, 0.25) is 0 Å². The lowest BCUT2D eigenvalue weighted by molar-refractivity contribution is -0.0711. The standard InChI is InChI=1S/C23H27N3O3/c1-27-10-9-26-8-4-17(14-26)18-11-21-20(3-2-7-25-21)22(12-18)28-15-19-13-24-16-23(29-19)5-6-23/h2-4,7-8,11-12,14,19,24H,5-6,9-10,13,15-16H2,1H3/t19-/m0/s1. The molecule has 5 rings (SSSR count). The SMILES string of the molecule is COCCn1ccc(-c2cc(OC[C@@H]3CNCC4(CC4)O3)c3cccnc3c2)c1. The summed E-state index contributed by atoms with van der Waals surface area (Å²) in [7, 11) is 1.72. The molecule has 1 aliphatic carbocycles. The number of benzene rings is 1. The van der Waals surface area contributed by atoms with E-state index in [0.29, 0.717) is 13.2 Å². The van der Waals surface area contributed by atoms with Crippen LogP contribution >= 0.6 is 0 Å². The van der Waals surface area contributed by atoms with E-state index in [4.69, 9.17) is 14.2 Å². The molecular formula is C23H27N3O3. The van der Waals surface area contributed by atoms with Crippen molar-refractivity contribution in [1.29, 1.82) is 0 Å². The van der Waals surface area contributed by atoms with E-state index in [9.17, 15) is 0 Å². The molecular weight excluding hydrogens is 366 g/mol. The lowest BCUT2D eigenvalue weighted by Crippen LogP contribution is -2.48. The summed E-state index contributed by atoms with van der Waals surface area (Å²) in [6.45, 7) is 3.86. The third-order valence-corrected chi connectivity index (χ3v) is 5.79. The van der Waals surface area contributed by atoms with Gasteiger partial charge in [0.05, 0.1) is 17.7 Å². The van der Waals surface area contributed by atoms with Crippen molar-refractivity contribution < 1.29 is 14.2 Å². The molecule has 1 aliphatic heterocycles. The molecule has 6 nitrogen and oxygen atoms in total. The van der Waals surface area contributed by atoms with Gasteiger partial charge in [-0.25, -0.2) is 0 Å². The summed E-state index contributed by atoms with van der Waals surface area (Å²) in [5.41, 5.74) is 3.25. The number of nitrogens with zero attached hydrogens (tertiary/aromatic N) is 2.